The number of phenols is 1. The summed E-state index contributed by atoms with van der Waals surface area (Å²) in [7, 11) is 2.09. The summed E-state index contributed by atoms with van der Waals surface area (Å²) >= 11 is 0. The number of hydrogen-bond donors (Lipinski definition) is 2. The zero-order chi connectivity index (χ0) is 16.2. The number of nitrogens with zero attached hydrogens (tertiary/aromatic N) is 1. The lowest BCUT2D eigenvalue weighted by molar-refractivity contribution is 0.0857. The van der Waals surface area contributed by atoms with Gasteiger partial charge in [0.2, 0.25) is 0 Å². The molecule has 0 amide bonds. The normalized spacial score (nSPS) is 16.2. The molecule has 1 aliphatic rings. The van der Waals surface area contributed by atoms with Gasteiger partial charge in [0, 0.05) is 17.2 Å². The van der Waals surface area contributed by atoms with Gasteiger partial charge in [-0.2, -0.15) is 0 Å². The summed E-state index contributed by atoms with van der Waals surface area (Å²) < 4.78 is 0. The SMILES string of the molecule is CN1CCC(C(=O)c2cccc(Nc3ccccc3O)c2)CC1. The highest BCUT2D eigenvalue weighted by Crippen LogP contribution is 2.27. The first-order valence-electron chi connectivity index (χ1n) is 8.01. The van der Waals surface area contributed by atoms with Gasteiger partial charge in [-0.1, -0.05) is 24.3 Å². The molecule has 2 N–H and O–H groups in total. The molecule has 0 aromatic heterocycles. The predicted molar refractivity (Wildman–Crippen MR) is 92.4 cm³/mol. The quantitative estimate of drug-likeness (QED) is 0.668. The predicted octanol–water partition coefficient (Wildman–Crippen LogP) is 3.66. The molecule has 0 saturated carbocycles. The van der Waals surface area contributed by atoms with Gasteiger partial charge in [0.25, 0.3) is 0 Å². The Morgan fingerprint density at radius 3 is 2.61 bits per heavy atom. The van der Waals surface area contributed by atoms with Crippen molar-refractivity contribution in [3.8, 4) is 5.75 Å². The Balaban J connectivity index is 1.75. The van der Waals surface area contributed by atoms with E-state index < -0.39 is 0 Å². The van der Waals surface area contributed by atoms with Gasteiger partial charge in [-0.25, -0.2) is 0 Å². The number of carbonyl (C=O) groups is 1. The molecule has 0 atom stereocenters. The molecule has 3 rings (SSSR count). The molecular formula is C19H22N2O2. The molecule has 0 unspecified atom stereocenters. The van der Waals surface area contributed by atoms with E-state index >= 15 is 0 Å². The standard InChI is InChI=1S/C19H22N2O2/c1-21-11-9-14(10-12-21)19(23)15-5-4-6-16(13-15)20-17-7-2-3-8-18(17)22/h2-8,13-14,20,22H,9-12H2,1H3. The van der Waals surface area contributed by atoms with Crippen LogP contribution in [0.5, 0.6) is 5.75 Å². The van der Waals surface area contributed by atoms with Crippen molar-refractivity contribution < 1.29 is 9.90 Å². The van der Waals surface area contributed by atoms with Gasteiger partial charge >= 0.3 is 0 Å². The Hall–Kier alpha value is -2.33. The fourth-order valence-corrected chi connectivity index (χ4v) is 2.99. The third kappa shape index (κ3) is 3.71. The number of likely N-dealkylation sites (tertiary alicyclic amines) is 1. The van der Waals surface area contributed by atoms with Gasteiger partial charge in [-0.3, -0.25) is 4.79 Å². The van der Waals surface area contributed by atoms with Crippen molar-refractivity contribution in [2.75, 3.05) is 25.5 Å². The number of ketones is 1. The molecule has 120 valence electrons. The Morgan fingerprint density at radius 1 is 1.13 bits per heavy atom. The van der Waals surface area contributed by atoms with E-state index in [1.165, 1.54) is 0 Å². The second kappa shape index (κ2) is 6.84. The van der Waals surface area contributed by atoms with Crippen LogP contribution in [-0.4, -0.2) is 35.9 Å². The third-order valence-electron chi connectivity index (χ3n) is 4.42. The summed E-state index contributed by atoms with van der Waals surface area (Å²) in [6, 6.07) is 14.6. The number of piperidine rings is 1. The molecule has 0 radical (unpaired) electrons. The monoisotopic (exact) mass is 310 g/mol. The molecule has 0 aliphatic carbocycles. The van der Waals surface area contributed by atoms with Crippen molar-refractivity contribution >= 4 is 17.2 Å². The lowest BCUT2D eigenvalue weighted by atomic mass is 9.89. The van der Waals surface area contributed by atoms with Crippen LogP contribution >= 0.6 is 0 Å². The minimum Gasteiger partial charge on any atom is -0.506 e. The highest BCUT2D eigenvalue weighted by atomic mass is 16.3. The maximum absolute atomic E-state index is 12.7. The Morgan fingerprint density at radius 2 is 1.87 bits per heavy atom. The van der Waals surface area contributed by atoms with Crippen molar-refractivity contribution in [1.29, 1.82) is 0 Å². The molecule has 4 heteroatoms. The maximum atomic E-state index is 12.7. The number of nitrogens with one attached hydrogen (secondary N) is 1. The first-order valence-corrected chi connectivity index (χ1v) is 8.01. The Labute approximate surface area is 136 Å². The molecule has 4 nitrogen and oxygen atoms in total. The molecule has 0 spiro atoms. The van der Waals surface area contributed by atoms with Gasteiger partial charge in [-0.05, 0) is 57.2 Å². The molecule has 1 fully saturated rings. The number of anilines is 2. The first kappa shape index (κ1) is 15.6. The van der Waals surface area contributed by atoms with Crippen molar-refractivity contribution in [3.63, 3.8) is 0 Å². The summed E-state index contributed by atoms with van der Waals surface area (Å²) in [4.78, 5) is 14.9. The number of aromatic hydroxyl groups is 1. The number of rotatable bonds is 4. The summed E-state index contributed by atoms with van der Waals surface area (Å²) in [6.07, 6.45) is 1.85. The number of phenolic OH excluding ortho intramolecular Hbond substituents is 1. The molecule has 0 bridgehead atoms. The lowest BCUT2D eigenvalue weighted by Crippen LogP contribution is -2.33. The van der Waals surface area contributed by atoms with E-state index in [1.807, 2.05) is 30.3 Å². The van der Waals surface area contributed by atoms with E-state index in [1.54, 1.807) is 18.2 Å². The van der Waals surface area contributed by atoms with Crippen molar-refractivity contribution in [2.24, 2.45) is 5.92 Å². The zero-order valence-corrected chi connectivity index (χ0v) is 13.3. The minimum absolute atomic E-state index is 0.117. The Kier molecular flexibility index (Phi) is 4.63. The molecule has 1 saturated heterocycles. The first-order chi connectivity index (χ1) is 11.1. The van der Waals surface area contributed by atoms with Crippen LogP contribution in [0, 0.1) is 5.92 Å². The summed E-state index contributed by atoms with van der Waals surface area (Å²) in [6.45, 7) is 1.96. The van der Waals surface area contributed by atoms with Crippen LogP contribution in [0.25, 0.3) is 0 Å². The molecule has 2 aromatic rings. The van der Waals surface area contributed by atoms with Crippen LogP contribution in [0.3, 0.4) is 0 Å². The van der Waals surface area contributed by atoms with E-state index in [0.29, 0.717) is 5.69 Å². The summed E-state index contributed by atoms with van der Waals surface area (Å²) in [5.41, 5.74) is 2.18. The van der Waals surface area contributed by atoms with Crippen LogP contribution in [-0.2, 0) is 0 Å². The van der Waals surface area contributed by atoms with Crippen LogP contribution in [0.4, 0.5) is 11.4 Å². The highest BCUT2D eigenvalue weighted by Gasteiger charge is 2.24. The fraction of sp³-hybridized carbons (Fsp3) is 0.316. The topological polar surface area (TPSA) is 52.6 Å². The van der Waals surface area contributed by atoms with Crippen molar-refractivity contribution in [3.05, 3.63) is 54.1 Å². The molecular weight excluding hydrogens is 288 g/mol. The molecule has 2 aromatic carbocycles. The number of carbonyl (C=O) groups excluding carboxylic acids is 1. The average molecular weight is 310 g/mol. The van der Waals surface area contributed by atoms with Gasteiger partial charge in [0.1, 0.15) is 5.75 Å². The second-order valence-corrected chi connectivity index (χ2v) is 6.16. The lowest BCUT2D eigenvalue weighted by Gasteiger charge is -2.28. The highest BCUT2D eigenvalue weighted by molar-refractivity contribution is 5.98. The number of Topliss-reactive ketones (excluding diaryl/α,β-unsaturated/α-hetero) is 1. The maximum Gasteiger partial charge on any atom is 0.166 e. The van der Waals surface area contributed by atoms with Crippen LogP contribution < -0.4 is 5.32 Å². The summed E-state index contributed by atoms with van der Waals surface area (Å²) in [5.74, 6) is 0.533. The van der Waals surface area contributed by atoms with E-state index in [4.69, 9.17) is 0 Å². The Bertz CT molecular complexity index is 691. The fourth-order valence-electron chi connectivity index (χ4n) is 2.99. The number of benzene rings is 2. The number of para-hydroxylation sites is 2. The zero-order valence-electron chi connectivity index (χ0n) is 13.3. The molecule has 1 heterocycles. The molecule has 1 aliphatic heterocycles. The van der Waals surface area contributed by atoms with Gasteiger partial charge < -0.3 is 15.3 Å². The molecule has 23 heavy (non-hydrogen) atoms. The second-order valence-electron chi connectivity index (χ2n) is 6.16. The van der Waals surface area contributed by atoms with E-state index in [9.17, 15) is 9.90 Å². The van der Waals surface area contributed by atoms with Crippen LogP contribution in [0.1, 0.15) is 23.2 Å². The minimum atomic E-state index is 0.117. The van der Waals surface area contributed by atoms with Crippen LogP contribution in [0.2, 0.25) is 0 Å². The van der Waals surface area contributed by atoms with Gasteiger partial charge in [-0.15, -0.1) is 0 Å². The number of hydrogen-bond acceptors (Lipinski definition) is 4. The smallest absolute Gasteiger partial charge is 0.166 e. The van der Waals surface area contributed by atoms with Crippen LogP contribution in [0.15, 0.2) is 48.5 Å². The largest absolute Gasteiger partial charge is 0.506 e. The van der Waals surface area contributed by atoms with E-state index in [2.05, 4.69) is 17.3 Å². The van der Waals surface area contributed by atoms with Crippen molar-refractivity contribution in [2.45, 2.75) is 12.8 Å². The average Bonchev–Trinajstić information content (AvgIpc) is 2.57. The third-order valence-corrected chi connectivity index (χ3v) is 4.42. The van der Waals surface area contributed by atoms with E-state index in [-0.39, 0.29) is 17.5 Å². The van der Waals surface area contributed by atoms with Gasteiger partial charge in [0.05, 0.1) is 5.69 Å². The summed E-state index contributed by atoms with van der Waals surface area (Å²) in [5, 5.41) is 13.0. The van der Waals surface area contributed by atoms with Crippen molar-refractivity contribution in [1.82, 2.24) is 4.90 Å². The van der Waals surface area contributed by atoms with E-state index in [0.717, 1.165) is 37.2 Å². The van der Waals surface area contributed by atoms with Gasteiger partial charge in [0.15, 0.2) is 5.78 Å².